The Hall–Kier alpha value is -2.07. The fraction of sp³-hybridized carbons (Fsp3) is 0.704. The lowest BCUT2D eigenvalue weighted by atomic mass is 9.88. The Kier molecular flexibility index (Phi) is 12.8. The number of benzene rings is 1. The van der Waals surface area contributed by atoms with Gasteiger partial charge in [-0.1, -0.05) is 23.7 Å². The van der Waals surface area contributed by atoms with Crippen molar-refractivity contribution >= 4 is 23.7 Å². The molecule has 2 saturated heterocycles. The molecule has 4 atom stereocenters. The third-order valence-corrected chi connectivity index (χ3v) is 7.41. The van der Waals surface area contributed by atoms with Gasteiger partial charge in [-0.05, 0) is 69.2 Å². The lowest BCUT2D eigenvalue weighted by Crippen LogP contribution is -2.52. The number of methoxy groups -OCH3 is 1. The van der Waals surface area contributed by atoms with Gasteiger partial charge in [0.25, 0.3) is 0 Å². The van der Waals surface area contributed by atoms with Crippen LogP contribution in [0.25, 0.3) is 0 Å². The maximum Gasteiger partial charge on any atom is 0.406 e. The second kappa shape index (κ2) is 16.0. The molecule has 3 N–H and O–H groups in total. The molecule has 0 radical (unpaired) electrons. The average Bonchev–Trinajstić information content (AvgIpc) is 3.17. The second-order valence-electron chi connectivity index (χ2n) is 9.96. The summed E-state index contributed by atoms with van der Waals surface area (Å²) in [7, 11) is 3.26. The number of likely N-dealkylation sites (N-methyl/N-ethyl adjacent to an activating group) is 1. The van der Waals surface area contributed by atoms with Crippen molar-refractivity contribution in [2.24, 2.45) is 11.8 Å². The number of halogens is 1. The standard InChI is InChI=1S/C27H43ClN4O5/c1-29-18-24(16-20-6-5-13-36-14-10-20)31-26(33)32-12-4-8-22(19-32)25(21-7-3-9-23(28)17-21)37-15-11-30-27(34)35-2/h3,7,9,17,20,22,24-25,29H,4-6,8,10-16,18-19H2,1-2H3,(H,30,34)(H,31,33)/t20-,22-,24+,25+/m1/s1. The zero-order chi connectivity index (χ0) is 26.5. The van der Waals surface area contributed by atoms with Crippen LogP contribution in [0.15, 0.2) is 24.3 Å². The van der Waals surface area contributed by atoms with Gasteiger partial charge in [0.05, 0.1) is 19.8 Å². The number of likely N-dealkylation sites (tertiary alicyclic amines) is 1. The van der Waals surface area contributed by atoms with E-state index in [0.717, 1.165) is 70.4 Å². The molecule has 9 nitrogen and oxygen atoms in total. The number of hydrogen-bond acceptors (Lipinski definition) is 6. The molecule has 0 bridgehead atoms. The number of nitrogens with one attached hydrogen (secondary N) is 3. The van der Waals surface area contributed by atoms with Gasteiger partial charge >= 0.3 is 12.1 Å². The van der Waals surface area contributed by atoms with Gasteiger partial charge in [0, 0.05) is 56.4 Å². The van der Waals surface area contributed by atoms with Crippen LogP contribution in [-0.2, 0) is 14.2 Å². The second-order valence-corrected chi connectivity index (χ2v) is 10.4. The van der Waals surface area contributed by atoms with Gasteiger partial charge in [-0.15, -0.1) is 0 Å². The Labute approximate surface area is 225 Å². The molecular formula is C27H43ClN4O5. The van der Waals surface area contributed by atoms with Crippen LogP contribution < -0.4 is 16.0 Å². The van der Waals surface area contributed by atoms with Crippen molar-refractivity contribution in [3.05, 3.63) is 34.9 Å². The number of piperidine rings is 1. The van der Waals surface area contributed by atoms with E-state index in [1.54, 1.807) is 0 Å². The van der Waals surface area contributed by atoms with E-state index in [9.17, 15) is 9.59 Å². The van der Waals surface area contributed by atoms with Crippen molar-refractivity contribution in [1.29, 1.82) is 0 Å². The van der Waals surface area contributed by atoms with Crippen molar-refractivity contribution in [3.8, 4) is 0 Å². The average molecular weight is 539 g/mol. The number of nitrogens with zero attached hydrogens (tertiary/aromatic N) is 1. The zero-order valence-corrected chi connectivity index (χ0v) is 22.9. The van der Waals surface area contributed by atoms with E-state index in [2.05, 4.69) is 20.7 Å². The fourth-order valence-corrected chi connectivity index (χ4v) is 5.55. The van der Waals surface area contributed by atoms with E-state index in [-0.39, 0.29) is 24.1 Å². The number of carbonyl (C=O) groups excluding carboxylic acids is 2. The zero-order valence-electron chi connectivity index (χ0n) is 22.2. The number of urea groups is 1. The predicted molar refractivity (Wildman–Crippen MR) is 144 cm³/mol. The summed E-state index contributed by atoms with van der Waals surface area (Å²) in [5.74, 6) is 0.673. The van der Waals surface area contributed by atoms with Crippen molar-refractivity contribution in [1.82, 2.24) is 20.9 Å². The highest BCUT2D eigenvalue weighted by molar-refractivity contribution is 6.30. The first-order valence-electron chi connectivity index (χ1n) is 13.5. The number of amides is 3. The predicted octanol–water partition coefficient (Wildman–Crippen LogP) is 3.97. The first-order valence-corrected chi connectivity index (χ1v) is 13.8. The normalized spacial score (nSPS) is 22.0. The van der Waals surface area contributed by atoms with Crippen LogP contribution in [0.3, 0.4) is 0 Å². The molecule has 0 unspecified atom stereocenters. The minimum Gasteiger partial charge on any atom is -0.453 e. The minimum absolute atomic E-state index is 0.0213. The molecule has 2 aliphatic rings. The van der Waals surface area contributed by atoms with E-state index < -0.39 is 6.09 Å². The third kappa shape index (κ3) is 9.96. The van der Waals surface area contributed by atoms with Crippen molar-refractivity contribution in [2.75, 3.05) is 60.2 Å². The Bertz CT molecular complexity index is 837. The van der Waals surface area contributed by atoms with Crippen LogP contribution in [-0.4, -0.2) is 83.2 Å². The molecule has 208 valence electrons. The Morgan fingerprint density at radius 1 is 1.22 bits per heavy atom. The number of carbonyl (C=O) groups is 2. The van der Waals surface area contributed by atoms with Gasteiger partial charge in [-0.25, -0.2) is 9.59 Å². The molecule has 10 heteroatoms. The van der Waals surface area contributed by atoms with Crippen molar-refractivity contribution < 1.29 is 23.8 Å². The molecule has 2 fully saturated rings. The summed E-state index contributed by atoms with van der Waals surface area (Å²) in [5, 5.41) is 9.83. The van der Waals surface area contributed by atoms with E-state index >= 15 is 0 Å². The number of rotatable bonds is 11. The molecule has 3 rings (SSSR count). The highest BCUT2D eigenvalue weighted by atomic mass is 35.5. The van der Waals surface area contributed by atoms with Gasteiger partial charge in [-0.2, -0.15) is 0 Å². The minimum atomic E-state index is -0.490. The summed E-state index contributed by atoms with van der Waals surface area (Å²) in [4.78, 5) is 26.7. The Morgan fingerprint density at radius 3 is 2.86 bits per heavy atom. The Morgan fingerprint density at radius 2 is 2.08 bits per heavy atom. The van der Waals surface area contributed by atoms with Gasteiger partial charge in [-0.3, -0.25) is 0 Å². The Balaban J connectivity index is 1.62. The van der Waals surface area contributed by atoms with Crippen molar-refractivity contribution in [2.45, 2.75) is 50.7 Å². The van der Waals surface area contributed by atoms with E-state index in [0.29, 0.717) is 30.6 Å². The fourth-order valence-electron chi connectivity index (χ4n) is 5.35. The van der Waals surface area contributed by atoms with Crippen LogP contribution >= 0.6 is 11.6 Å². The molecule has 3 amide bonds. The van der Waals surface area contributed by atoms with Crippen LogP contribution in [0, 0.1) is 11.8 Å². The lowest BCUT2D eigenvalue weighted by molar-refractivity contribution is -0.00864. The molecule has 2 heterocycles. The van der Waals surface area contributed by atoms with Gasteiger partial charge < -0.3 is 35.1 Å². The molecule has 0 aliphatic carbocycles. The smallest absolute Gasteiger partial charge is 0.406 e. The first kappa shape index (κ1) is 29.5. The summed E-state index contributed by atoms with van der Waals surface area (Å²) in [5.41, 5.74) is 0.974. The summed E-state index contributed by atoms with van der Waals surface area (Å²) in [6.45, 7) is 4.35. The molecule has 37 heavy (non-hydrogen) atoms. The molecule has 0 aromatic heterocycles. The highest BCUT2D eigenvalue weighted by Gasteiger charge is 2.32. The SMILES string of the molecule is CNC[C@H](C[C@@H]1CCCOCC1)NC(=O)N1CCC[C@@H]([C@@H](OCCNC(=O)OC)c2cccc(Cl)c2)C1. The maximum atomic E-state index is 13.4. The lowest BCUT2D eigenvalue weighted by Gasteiger charge is -2.38. The third-order valence-electron chi connectivity index (χ3n) is 7.17. The first-order chi connectivity index (χ1) is 18.0. The van der Waals surface area contributed by atoms with Crippen LogP contribution in [0.2, 0.25) is 5.02 Å². The highest BCUT2D eigenvalue weighted by Crippen LogP contribution is 2.34. The molecule has 1 aromatic carbocycles. The monoisotopic (exact) mass is 538 g/mol. The molecular weight excluding hydrogens is 496 g/mol. The summed E-state index contributed by atoms with van der Waals surface area (Å²) in [6.07, 6.45) is 5.33. The van der Waals surface area contributed by atoms with E-state index in [4.69, 9.17) is 21.1 Å². The van der Waals surface area contributed by atoms with Crippen LogP contribution in [0.4, 0.5) is 9.59 Å². The van der Waals surface area contributed by atoms with Crippen LogP contribution in [0.5, 0.6) is 0 Å². The summed E-state index contributed by atoms with van der Waals surface area (Å²) >= 11 is 6.29. The van der Waals surface area contributed by atoms with Crippen LogP contribution in [0.1, 0.15) is 50.2 Å². The summed E-state index contributed by atoms with van der Waals surface area (Å²) in [6, 6.07) is 7.72. The molecule has 2 aliphatic heterocycles. The number of hydrogen-bond donors (Lipinski definition) is 3. The van der Waals surface area contributed by atoms with Gasteiger partial charge in [0.15, 0.2) is 0 Å². The summed E-state index contributed by atoms with van der Waals surface area (Å²) < 4.78 is 16.5. The number of alkyl carbamates (subject to hydrolysis) is 1. The van der Waals surface area contributed by atoms with Gasteiger partial charge in [0.2, 0.25) is 0 Å². The molecule has 0 saturated carbocycles. The maximum absolute atomic E-state index is 13.4. The molecule has 0 spiro atoms. The van der Waals surface area contributed by atoms with Crippen molar-refractivity contribution in [3.63, 3.8) is 0 Å². The number of ether oxygens (including phenoxy) is 3. The molecule has 1 aromatic rings. The van der Waals surface area contributed by atoms with Gasteiger partial charge in [0.1, 0.15) is 0 Å². The topological polar surface area (TPSA) is 101 Å². The largest absolute Gasteiger partial charge is 0.453 e. The van der Waals surface area contributed by atoms with E-state index in [1.807, 2.05) is 36.2 Å². The van der Waals surface area contributed by atoms with E-state index in [1.165, 1.54) is 7.11 Å². The quantitative estimate of drug-likeness (QED) is 0.369.